The molecular weight excluding hydrogens is 182 g/mol. The SMILES string of the molecule is NCCONS(=O)(=O)NC1CC1. The van der Waals surface area contributed by atoms with Crippen molar-refractivity contribution in [3.8, 4) is 0 Å². The van der Waals surface area contributed by atoms with Gasteiger partial charge in [0.05, 0.1) is 6.61 Å². The van der Waals surface area contributed by atoms with E-state index in [1.807, 2.05) is 4.89 Å². The van der Waals surface area contributed by atoms with E-state index in [0.29, 0.717) is 0 Å². The zero-order valence-electron chi connectivity index (χ0n) is 6.62. The first-order valence-electron chi connectivity index (χ1n) is 3.75. The van der Waals surface area contributed by atoms with Crippen LogP contribution in [0.4, 0.5) is 0 Å². The van der Waals surface area contributed by atoms with E-state index in [0.717, 1.165) is 12.8 Å². The van der Waals surface area contributed by atoms with Crippen LogP contribution in [0.25, 0.3) is 0 Å². The van der Waals surface area contributed by atoms with Crippen molar-refractivity contribution in [2.75, 3.05) is 13.2 Å². The van der Waals surface area contributed by atoms with Gasteiger partial charge < -0.3 is 5.73 Å². The van der Waals surface area contributed by atoms with Gasteiger partial charge in [-0.1, -0.05) is 4.89 Å². The molecule has 0 saturated heterocycles. The van der Waals surface area contributed by atoms with E-state index >= 15 is 0 Å². The van der Waals surface area contributed by atoms with Crippen LogP contribution in [0.3, 0.4) is 0 Å². The molecule has 7 heteroatoms. The van der Waals surface area contributed by atoms with Crippen LogP contribution in [0.1, 0.15) is 12.8 Å². The van der Waals surface area contributed by atoms with Crippen LogP contribution in [-0.2, 0) is 15.0 Å². The van der Waals surface area contributed by atoms with Crippen LogP contribution in [-0.4, -0.2) is 27.6 Å². The summed E-state index contributed by atoms with van der Waals surface area (Å²) >= 11 is 0. The van der Waals surface area contributed by atoms with Gasteiger partial charge in [0.15, 0.2) is 0 Å². The highest BCUT2D eigenvalue weighted by Crippen LogP contribution is 2.19. The second-order valence-corrected chi connectivity index (χ2v) is 4.03. The maximum Gasteiger partial charge on any atom is 0.299 e. The molecule has 0 bridgehead atoms. The molecule has 6 nitrogen and oxygen atoms in total. The van der Waals surface area contributed by atoms with Gasteiger partial charge in [-0.2, -0.15) is 13.1 Å². The minimum atomic E-state index is -3.47. The van der Waals surface area contributed by atoms with Gasteiger partial charge in [0.2, 0.25) is 0 Å². The maximum absolute atomic E-state index is 11.0. The Morgan fingerprint density at radius 3 is 2.67 bits per heavy atom. The van der Waals surface area contributed by atoms with Gasteiger partial charge in [-0.05, 0) is 12.8 Å². The lowest BCUT2D eigenvalue weighted by Crippen LogP contribution is -2.38. The van der Waals surface area contributed by atoms with Crippen molar-refractivity contribution in [2.24, 2.45) is 5.73 Å². The molecular formula is C5H13N3O3S. The monoisotopic (exact) mass is 195 g/mol. The fourth-order valence-corrected chi connectivity index (χ4v) is 1.58. The second kappa shape index (κ2) is 4.15. The van der Waals surface area contributed by atoms with Crippen molar-refractivity contribution >= 4 is 10.2 Å². The second-order valence-electron chi connectivity index (χ2n) is 2.62. The molecule has 0 radical (unpaired) electrons. The molecule has 0 atom stereocenters. The zero-order valence-corrected chi connectivity index (χ0v) is 7.43. The summed E-state index contributed by atoms with van der Waals surface area (Å²) in [6.07, 6.45) is 1.80. The average Bonchev–Trinajstić information content (AvgIpc) is 2.71. The fourth-order valence-electron chi connectivity index (χ4n) is 0.623. The Kier molecular flexibility index (Phi) is 3.41. The van der Waals surface area contributed by atoms with Crippen LogP contribution in [0.15, 0.2) is 0 Å². The molecule has 1 aliphatic carbocycles. The maximum atomic E-state index is 11.0. The Bertz CT molecular complexity index is 224. The van der Waals surface area contributed by atoms with Crippen molar-refractivity contribution in [1.82, 2.24) is 9.61 Å². The summed E-state index contributed by atoms with van der Waals surface area (Å²) in [6, 6.07) is 0.0870. The molecule has 1 aliphatic rings. The van der Waals surface area contributed by atoms with Crippen molar-refractivity contribution in [3.63, 3.8) is 0 Å². The van der Waals surface area contributed by atoms with Crippen LogP contribution >= 0.6 is 0 Å². The number of rotatable bonds is 6. The molecule has 1 rings (SSSR count). The highest BCUT2D eigenvalue weighted by Gasteiger charge is 2.26. The summed E-state index contributed by atoms with van der Waals surface area (Å²) in [4.78, 5) is 6.46. The normalized spacial score (nSPS) is 18.1. The minimum absolute atomic E-state index is 0.0870. The Labute approximate surface area is 71.6 Å². The first-order valence-corrected chi connectivity index (χ1v) is 5.23. The van der Waals surface area contributed by atoms with Crippen LogP contribution < -0.4 is 15.3 Å². The lowest BCUT2D eigenvalue weighted by molar-refractivity contribution is 0.0990. The molecule has 0 aliphatic heterocycles. The number of hydrogen-bond donors (Lipinski definition) is 3. The van der Waals surface area contributed by atoms with E-state index < -0.39 is 10.2 Å². The molecule has 0 aromatic heterocycles. The highest BCUT2D eigenvalue weighted by atomic mass is 32.2. The van der Waals surface area contributed by atoms with E-state index in [-0.39, 0.29) is 19.2 Å². The fraction of sp³-hybridized carbons (Fsp3) is 1.00. The summed E-state index contributed by atoms with van der Waals surface area (Å²) in [7, 11) is -3.47. The van der Waals surface area contributed by atoms with Crippen LogP contribution in [0, 0.1) is 0 Å². The summed E-state index contributed by atoms with van der Waals surface area (Å²) in [5.41, 5.74) is 5.09. The Balaban J connectivity index is 2.17. The Morgan fingerprint density at radius 1 is 1.50 bits per heavy atom. The minimum Gasteiger partial charge on any atom is -0.328 e. The van der Waals surface area contributed by atoms with Gasteiger partial charge in [0, 0.05) is 12.6 Å². The summed E-state index contributed by atoms with van der Waals surface area (Å²) in [5.74, 6) is 0. The van der Waals surface area contributed by atoms with Crippen molar-refractivity contribution in [2.45, 2.75) is 18.9 Å². The van der Waals surface area contributed by atoms with E-state index in [1.165, 1.54) is 0 Å². The lowest BCUT2D eigenvalue weighted by atomic mass is 10.8. The van der Waals surface area contributed by atoms with Crippen molar-refractivity contribution in [3.05, 3.63) is 0 Å². The predicted molar refractivity (Wildman–Crippen MR) is 43.2 cm³/mol. The third-order valence-corrected chi connectivity index (χ3v) is 2.27. The standard InChI is InChI=1S/C5H13N3O3S/c6-3-4-11-8-12(9,10)7-5-1-2-5/h5,7-8H,1-4,6H2. The quantitative estimate of drug-likeness (QED) is 0.354. The van der Waals surface area contributed by atoms with Crippen molar-refractivity contribution < 1.29 is 13.3 Å². The third-order valence-electron chi connectivity index (χ3n) is 1.29. The highest BCUT2D eigenvalue weighted by molar-refractivity contribution is 7.87. The molecule has 1 saturated carbocycles. The van der Waals surface area contributed by atoms with E-state index in [9.17, 15) is 8.42 Å². The molecule has 0 amide bonds. The molecule has 4 N–H and O–H groups in total. The van der Waals surface area contributed by atoms with E-state index in [4.69, 9.17) is 5.73 Å². The molecule has 72 valence electrons. The zero-order chi connectivity index (χ0) is 9.03. The van der Waals surface area contributed by atoms with Gasteiger partial charge in [-0.25, -0.2) is 0 Å². The Morgan fingerprint density at radius 2 is 2.17 bits per heavy atom. The largest absolute Gasteiger partial charge is 0.328 e. The average molecular weight is 195 g/mol. The smallest absolute Gasteiger partial charge is 0.299 e. The molecule has 0 heterocycles. The summed E-state index contributed by atoms with van der Waals surface area (Å²) < 4.78 is 24.3. The van der Waals surface area contributed by atoms with E-state index in [1.54, 1.807) is 0 Å². The van der Waals surface area contributed by atoms with Crippen LogP contribution in [0.2, 0.25) is 0 Å². The molecule has 0 aromatic rings. The first kappa shape index (κ1) is 9.87. The van der Waals surface area contributed by atoms with Gasteiger partial charge >= 0.3 is 0 Å². The number of nitrogens with one attached hydrogen (secondary N) is 2. The molecule has 0 unspecified atom stereocenters. The van der Waals surface area contributed by atoms with Gasteiger partial charge in [0.25, 0.3) is 10.2 Å². The molecule has 1 fully saturated rings. The van der Waals surface area contributed by atoms with Crippen molar-refractivity contribution in [1.29, 1.82) is 0 Å². The van der Waals surface area contributed by atoms with Gasteiger partial charge in [0.1, 0.15) is 0 Å². The predicted octanol–water partition coefficient (Wildman–Crippen LogP) is -1.54. The number of hydrogen-bond acceptors (Lipinski definition) is 4. The number of nitrogens with two attached hydrogens (primary N) is 1. The third kappa shape index (κ3) is 3.98. The van der Waals surface area contributed by atoms with Gasteiger partial charge in [-0.15, -0.1) is 0 Å². The van der Waals surface area contributed by atoms with Gasteiger partial charge in [-0.3, -0.25) is 4.84 Å². The Hall–Kier alpha value is -0.210. The summed E-state index contributed by atoms with van der Waals surface area (Å²) in [5, 5.41) is 0. The first-order chi connectivity index (χ1) is 5.64. The molecule has 0 aromatic carbocycles. The lowest BCUT2D eigenvalue weighted by Gasteiger charge is -2.05. The molecule has 0 spiro atoms. The molecule has 12 heavy (non-hydrogen) atoms. The van der Waals surface area contributed by atoms with Crippen LogP contribution in [0.5, 0.6) is 0 Å². The summed E-state index contributed by atoms with van der Waals surface area (Å²) in [6.45, 7) is 0.456. The topological polar surface area (TPSA) is 93.4 Å². The van der Waals surface area contributed by atoms with E-state index in [2.05, 4.69) is 9.56 Å².